The lowest BCUT2D eigenvalue weighted by molar-refractivity contribution is -0.00000486. The molecule has 0 aliphatic carbocycles. The van der Waals surface area contributed by atoms with Crippen molar-refractivity contribution in [3.63, 3.8) is 0 Å². The Labute approximate surface area is 130 Å². The number of hydrogen-bond acceptors (Lipinski definition) is 3. The van der Waals surface area contributed by atoms with Crippen LogP contribution in [0.3, 0.4) is 0 Å². The van der Waals surface area contributed by atoms with Crippen molar-refractivity contribution in [2.45, 2.75) is 26.4 Å². The van der Waals surface area contributed by atoms with Crippen LogP contribution in [0.25, 0.3) is 11.3 Å². The third-order valence-corrected chi connectivity index (χ3v) is 3.08. The van der Waals surface area contributed by atoms with E-state index in [1.807, 2.05) is 30.3 Å². The van der Waals surface area contributed by atoms with Crippen LogP contribution in [0.2, 0.25) is 5.02 Å². The van der Waals surface area contributed by atoms with E-state index >= 15 is 0 Å². The highest BCUT2D eigenvalue weighted by atomic mass is 35.5. The zero-order chi connectivity index (χ0) is 13.8. The number of rotatable bonds is 5. The predicted octanol–water partition coefficient (Wildman–Crippen LogP) is 1.11. The molecule has 0 fully saturated rings. The second-order valence-corrected chi connectivity index (χ2v) is 5.06. The van der Waals surface area contributed by atoms with Crippen molar-refractivity contribution in [1.82, 2.24) is 5.32 Å². The summed E-state index contributed by atoms with van der Waals surface area (Å²) in [6, 6.07) is 9.98. The molecule has 110 valence electrons. The molecule has 0 amide bonds. The number of benzene rings is 1. The Bertz CT molecular complexity index is 553. The largest absolute Gasteiger partial charge is 1.00 e. The van der Waals surface area contributed by atoms with Gasteiger partial charge in [-0.15, -0.1) is 0 Å². The van der Waals surface area contributed by atoms with E-state index in [1.165, 1.54) is 0 Å². The van der Waals surface area contributed by atoms with Crippen LogP contribution in [0, 0.1) is 0 Å². The standard InChI is InChI=1S/C15H18ClNO2.ClH/c1-10(2)17-9-12-5-7-14(19-12)11-4-6-15(18-3)13(16)8-11;/h4-8,10,17H,9H2,1-3H3;1H/p-1. The minimum Gasteiger partial charge on any atom is -1.00 e. The van der Waals surface area contributed by atoms with Crippen LogP contribution in [0.1, 0.15) is 19.6 Å². The van der Waals surface area contributed by atoms with E-state index in [0.717, 1.165) is 23.6 Å². The van der Waals surface area contributed by atoms with Crippen molar-refractivity contribution in [1.29, 1.82) is 0 Å². The summed E-state index contributed by atoms with van der Waals surface area (Å²) in [7, 11) is 1.60. The summed E-state index contributed by atoms with van der Waals surface area (Å²) in [5.41, 5.74) is 0.946. The number of furan rings is 1. The number of halogens is 2. The summed E-state index contributed by atoms with van der Waals surface area (Å²) in [6.45, 7) is 4.93. The zero-order valence-corrected chi connectivity index (χ0v) is 13.3. The Kier molecular flexibility index (Phi) is 6.40. The molecule has 1 heterocycles. The fraction of sp³-hybridized carbons (Fsp3) is 0.333. The fourth-order valence-electron chi connectivity index (χ4n) is 1.75. The van der Waals surface area contributed by atoms with Gasteiger partial charge in [0.05, 0.1) is 18.7 Å². The predicted molar refractivity (Wildman–Crippen MR) is 77.7 cm³/mol. The van der Waals surface area contributed by atoms with Gasteiger partial charge in [0.15, 0.2) is 0 Å². The molecule has 0 aliphatic heterocycles. The molecule has 1 N–H and O–H groups in total. The van der Waals surface area contributed by atoms with Gasteiger partial charge in [-0.2, -0.15) is 0 Å². The summed E-state index contributed by atoms with van der Waals surface area (Å²) in [5.74, 6) is 2.39. The molecule has 1 aromatic carbocycles. The third kappa shape index (κ3) is 4.17. The highest BCUT2D eigenvalue weighted by molar-refractivity contribution is 6.32. The van der Waals surface area contributed by atoms with Gasteiger partial charge in [0, 0.05) is 11.6 Å². The molecular formula is C15H18Cl2NO2-. The van der Waals surface area contributed by atoms with Crippen LogP contribution >= 0.6 is 11.6 Å². The first kappa shape index (κ1) is 16.9. The second-order valence-electron chi connectivity index (χ2n) is 4.65. The summed E-state index contributed by atoms with van der Waals surface area (Å²) >= 11 is 6.11. The SMILES string of the molecule is COc1ccc(-c2ccc(CNC(C)C)o2)cc1Cl.[Cl-]. The maximum atomic E-state index is 6.11. The number of nitrogens with one attached hydrogen (secondary N) is 1. The van der Waals surface area contributed by atoms with E-state index in [-0.39, 0.29) is 12.4 Å². The first-order valence-electron chi connectivity index (χ1n) is 6.26. The molecular weight excluding hydrogens is 297 g/mol. The molecule has 2 rings (SSSR count). The lowest BCUT2D eigenvalue weighted by atomic mass is 10.2. The van der Waals surface area contributed by atoms with Crippen LogP contribution in [0.15, 0.2) is 34.7 Å². The monoisotopic (exact) mass is 314 g/mol. The van der Waals surface area contributed by atoms with Crippen LogP contribution in [0.5, 0.6) is 5.75 Å². The molecule has 0 bridgehead atoms. The number of hydrogen-bond donors (Lipinski definition) is 1. The van der Waals surface area contributed by atoms with Gasteiger partial charge < -0.3 is 26.9 Å². The van der Waals surface area contributed by atoms with Gasteiger partial charge in [-0.3, -0.25) is 0 Å². The van der Waals surface area contributed by atoms with Crippen molar-refractivity contribution >= 4 is 11.6 Å². The van der Waals surface area contributed by atoms with Crippen LogP contribution in [0.4, 0.5) is 0 Å². The molecule has 0 aliphatic rings. The van der Waals surface area contributed by atoms with Crippen molar-refractivity contribution in [2.24, 2.45) is 0 Å². The molecule has 5 heteroatoms. The molecule has 0 atom stereocenters. The maximum absolute atomic E-state index is 6.11. The van der Waals surface area contributed by atoms with Gasteiger partial charge in [0.25, 0.3) is 0 Å². The molecule has 1 aromatic heterocycles. The topological polar surface area (TPSA) is 34.4 Å². The van der Waals surface area contributed by atoms with E-state index < -0.39 is 0 Å². The maximum Gasteiger partial charge on any atom is 0.137 e. The smallest absolute Gasteiger partial charge is 0.137 e. The van der Waals surface area contributed by atoms with E-state index in [4.69, 9.17) is 20.8 Å². The van der Waals surface area contributed by atoms with Crippen molar-refractivity contribution in [3.05, 3.63) is 41.1 Å². The Morgan fingerprint density at radius 1 is 1.25 bits per heavy atom. The lowest BCUT2D eigenvalue weighted by Crippen LogP contribution is -3.00. The Morgan fingerprint density at radius 2 is 2.00 bits per heavy atom. The highest BCUT2D eigenvalue weighted by Gasteiger charge is 2.08. The summed E-state index contributed by atoms with van der Waals surface area (Å²) in [4.78, 5) is 0. The average Bonchev–Trinajstić information content (AvgIpc) is 2.85. The van der Waals surface area contributed by atoms with E-state index in [2.05, 4.69) is 19.2 Å². The van der Waals surface area contributed by atoms with Crippen molar-refractivity contribution in [2.75, 3.05) is 7.11 Å². The van der Waals surface area contributed by atoms with E-state index in [1.54, 1.807) is 7.11 Å². The minimum absolute atomic E-state index is 0. The Balaban J connectivity index is 0.00000200. The molecule has 0 unspecified atom stereocenters. The molecule has 0 radical (unpaired) electrons. The van der Waals surface area contributed by atoms with Crippen molar-refractivity contribution in [3.8, 4) is 17.1 Å². The quantitative estimate of drug-likeness (QED) is 0.898. The third-order valence-electron chi connectivity index (χ3n) is 2.78. The zero-order valence-electron chi connectivity index (χ0n) is 11.7. The van der Waals surface area contributed by atoms with Gasteiger partial charge in [0.1, 0.15) is 17.3 Å². The van der Waals surface area contributed by atoms with E-state index in [9.17, 15) is 0 Å². The molecule has 0 spiro atoms. The van der Waals surface area contributed by atoms with Crippen LogP contribution < -0.4 is 22.5 Å². The van der Waals surface area contributed by atoms with Gasteiger partial charge in [0.2, 0.25) is 0 Å². The molecule has 0 saturated carbocycles. The van der Waals surface area contributed by atoms with Gasteiger partial charge in [-0.1, -0.05) is 25.4 Å². The first-order chi connectivity index (χ1) is 9.10. The number of ether oxygens (including phenoxy) is 1. The highest BCUT2D eigenvalue weighted by Crippen LogP contribution is 2.31. The fourth-order valence-corrected chi connectivity index (χ4v) is 2.01. The summed E-state index contributed by atoms with van der Waals surface area (Å²) in [6.07, 6.45) is 0. The van der Waals surface area contributed by atoms with Gasteiger partial charge in [-0.25, -0.2) is 0 Å². The van der Waals surface area contributed by atoms with Crippen LogP contribution in [-0.2, 0) is 6.54 Å². The van der Waals surface area contributed by atoms with Crippen molar-refractivity contribution < 1.29 is 21.6 Å². The molecule has 20 heavy (non-hydrogen) atoms. The summed E-state index contributed by atoms with van der Waals surface area (Å²) < 4.78 is 10.9. The molecule has 3 nitrogen and oxygen atoms in total. The average molecular weight is 315 g/mol. The summed E-state index contributed by atoms with van der Waals surface area (Å²) in [5, 5.41) is 3.90. The Morgan fingerprint density at radius 3 is 2.60 bits per heavy atom. The van der Waals surface area contributed by atoms with Gasteiger partial charge in [-0.05, 0) is 30.3 Å². The lowest BCUT2D eigenvalue weighted by Gasteiger charge is -2.06. The first-order valence-corrected chi connectivity index (χ1v) is 6.64. The van der Waals surface area contributed by atoms with Gasteiger partial charge >= 0.3 is 0 Å². The normalized spacial score (nSPS) is 10.4. The Hall–Kier alpha value is -1.16. The van der Waals surface area contributed by atoms with E-state index in [0.29, 0.717) is 16.8 Å². The number of methoxy groups -OCH3 is 1. The van der Waals surface area contributed by atoms with Crippen LogP contribution in [-0.4, -0.2) is 13.2 Å². The second kappa shape index (κ2) is 7.58. The minimum atomic E-state index is 0. The molecule has 2 aromatic rings. The molecule has 0 saturated heterocycles.